The summed E-state index contributed by atoms with van der Waals surface area (Å²) >= 11 is 0. The Morgan fingerprint density at radius 2 is 2.05 bits per heavy atom. The SMILES string of the molecule is CCCc1cnc(N2CCOc3ccc(CO)cc3C2)nc1. The second-order valence-electron chi connectivity index (χ2n) is 5.51. The van der Waals surface area contributed by atoms with Crippen LogP contribution in [-0.2, 0) is 19.6 Å². The highest BCUT2D eigenvalue weighted by molar-refractivity contribution is 5.42. The first-order valence-electron chi connectivity index (χ1n) is 7.71. The van der Waals surface area contributed by atoms with E-state index in [4.69, 9.17) is 4.74 Å². The Morgan fingerprint density at radius 3 is 2.77 bits per heavy atom. The van der Waals surface area contributed by atoms with E-state index in [-0.39, 0.29) is 6.61 Å². The molecule has 0 atom stereocenters. The zero-order valence-corrected chi connectivity index (χ0v) is 12.8. The quantitative estimate of drug-likeness (QED) is 0.939. The predicted molar refractivity (Wildman–Crippen MR) is 84.9 cm³/mol. The molecular weight excluding hydrogens is 278 g/mol. The smallest absolute Gasteiger partial charge is 0.225 e. The molecule has 0 saturated heterocycles. The fraction of sp³-hybridized carbons (Fsp3) is 0.412. The number of aryl methyl sites for hydroxylation is 1. The third-order valence-electron chi connectivity index (χ3n) is 3.80. The summed E-state index contributed by atoms with van der Waals surface area (Å²) in [5, 5.41) is 9.29. The molecular formula is C17H21N3O2. The Balaban J connectivity index is 1.82. The number of aromatic nitrogens is 2. The molecule has 0 amide bonds. The summed E-state index contributed by atoms with van der Waals surface area (Å²) in [4.78, 5) is 11.1. The number of ether oxygens (including phenoxy) is 1. The molecule has 1 aliphatic heterocycles. The number of hydrogen-bond donors (Lipinski definition) is 1. The molecule has 1 aliphatic rings. The van der Waals surface area contributed by atoms with Gasteiger partial charge in [0.1, 0.15) is 12.4 Å². The van der Waals surface area contributed by atoms with E-state index in [9.17, 15) is 5.11 Å². The highest BCUT2D eigenvalue weighted by Gasteiger charge is 2.17. The number of benzene rings is 1. The van der Waals surface area contributed by atoms with E-state index in [1.54, 1.807) is 0 Å². The summed E-state index contributed by atoms with van der Waals surface area (Å²) < 4.78 is 5.78. The van der Waals surface area contributed by atoms with Crippen LogP contribution in [0, 0.1) is 0 Å². The molecule has 5 heteroatoms. The average Bonchev–Trinajstić information content (AvgIpc) is 2.77. The summed E-state index contributed by atoms with van der Waals surface area (Å²) in [5.41, 5.74) is 3.12. The maximum absolute atomic E-state index is 9.29. The molecule has 22 heavy (non-hydrogen) atoms. The minimum atomic E-state index is 0.0372. The second-order valence-corrected chi connectivity index (χ2v) is 5.51. The molecule has 1 N–H and O–H groups in total. The van der Waals surface area contributed by atoms with Crippen molar-refractivity contribution in [1.29, 1.82) is 0 Å². The van der Waals surface area contributed by atoms with Gasteiger partial charge in [-0.1, -0.05) is 19.4 Å². The van der Waals surface area contributed by atoms with Crippen LogP contribution < -0.4 is 9.64 Å². The molecule has 0 unspecified atom stereocenters. The standard InChI is InChI=1S/C17H21N3O2/c1-2-3-14-9-18-17(19-10-14)20-6-7-22-16-5-4-13(12-21)8-15(16)11-20/h4-5,8-10,21H,2-3,6-7,11-12H2,1H3. The maximum atomic E-state index is 9.29. The molecule has 5 nitrogen and oxygen atoms in total. The lowest BCUT2D eigenvalue weighted by molar-refractivity contribution is 0.281. The van der Waals surface area contributed by atoms with Crippen molar-refractivity contribution >= 4 is 5.95 Å². The first kappa shape index (κ1) is 14.8. The van der Waals surface area contributed by atoms with Crippen molar-refractivity contribution in [3.8, 4) is 5.75 Å². The van der Waals surface area contributed by atoms with Gasteiger partial charge in [0.15, 0.2) is 0 Å². The van der Waals surface area contributed by atoms with E-state index in [2.05, 4.69) is 21.8 Å². The molecule has 2 aromatic rings. The molecule has 1 aromatic carbocycles. The summed E-state index contributed by atoms with van der Waals surface area (Å²) in [5.74, 6) is 1.60. The van der Waals surface area contributed by atoms with Crippen LogP contribution in [0.5, 0.6) is 5.75 Å². The molecule has 0 fully saturated rings. The van der Waals surface area contributed by atoms with Gasteiger partial charge in [0.05, 0.1) is 13.2 Å². The van der Waals surface area contributed by atoms with Crippen LogP contribution in [0.25, 0.3) is 0 Å². The van der Waals surface area contributed by atoms with E-state index in [0.29, 0.717) is 13.2 Å². The van der Waals surface area contributed by atoms with Gasteiger partial charge in [-0.05, 0) is 29.7 Å². The van der Waals surface area contributed by atoms with Gasteiger partial charge in [-0.25, -0.2) is 9.97 Å². The van der Waals surface area contributed by atoms with Crippen molar-refractivity contribution in [3.05, 3.63) is 47.3 Å². The van der Waals surface area contributed by atoms with Crippen molar-refractivity contribution in [3.63, 3.8) is 0 Å². The van der Waals surface area contributed by atoms with E-state index >= 15 is 0 Å². The number of aliphatic hydroxyl groups excluding tert-OH is 1. The van der Waals surface area contributed by atoms with Crippen LogP contribution in [0.2, 0.25) is 0 Å². The van der Waals surface area contributed by atoms with Gasteiger partial charge in [0.2, 0.25) is 5.95 Å². The normalized spacial score (nSPS) is 14.2. The van der Waals surface area contributed by atoms with Crippen LogP contribution in [0.1, 0.15) is 30.0 Å². The summed E-state index contributed by atoms with van der Waals surface area (Å²) in [7, 11) is 0. The summed E-state index contributed by atoms with van der Waals surface area (Å²) in [6.07, 6.45) is 5.91. The molecule has 2 heterocycles. The fourth-order valence-corrected chi connectivity index (χ4v) is 2.65. The highest BCUT2D eigenvalue weighted by atomic mass is 16.5. The van der Waals surface area contributed by atoms with E-state index in [0.717, 1.165) is 42.2 Å². The van der Waals surface area contributed by atoms with Crippen molar-refractivity contribution in [2.45, 2.75) is 32.9 Å². The van der Waals surface area contributed by atoms with Crippen LogP contribution in [-0.4, -0.2) is 28.2 Å². The van der Waals surface area contributed by atoms with Gasteiger partial charge in [0, 0.05) is 24.5 Å². The van der Waals surface area contributed by atoms with Gasteiger partial charge in [-0.3, -0.25) is 0 Å². The minimum absolute atomic E-state index is 0.0372. The van der Waals surface area contributed by atoms with Gasteiger partial charge in [0.25, 0.3) is 0 Å². The lowest BCUT2D eigenvalue weighted by Crippen LogP contribution is -2.27. The van der Waals surface area contributed by atoms with Gasteiger partial charge in [-0.15, -0.1) is 0 Å². The Kier molecular flexibility index (Phi) is 4.53. The molecule has 0 aliphatic carbocycles. The first-order valence-corrected chi connectivity index (χ1v) is 7.71. The van der Waals surface area contributed by atoms with Crippen molar-refractivity contribution in [2.24, 2.45) is 0 Å². The number of nitrogens with zero attached hydrogens (tertiary/aromatic N) is 3. The molecule has 0 bridgehead atoms. The summed E-state index contributed by atoms with van der Waals surface area (Å²) in [6.45, 7) is 4.23. The monoisotopic (exact) mass is 299 g/mol. The van der Waals surface area contributed by atoms with Gasteiger partial charge >= 0.3 is 0 Å². The Labute approximate surface area is 130 Å². The largest absolute Gasteiger partial charge is 0.491 e. The molecule has 0 radical (unpaired) electrons. The average molecular weight is 299 g/mol. The lowest BCUT2D eigenvalue weighted by Gasteiger charge is -2.19. The second kappa shape index (κ2) is 6.75. The molecule has 116 valence electrons. The topological polar surface area (TPSA) is 58.5 Å². The third-order valence-corrected chi connectivity index (χ3v) is 3.80. The van der Waals surface area contributed by atoms with Crippen LogP contribution in [0.4, 0.5) is 5.95 Å². The Hall–Kier alpha value is -2.14. The highest BCUT2D eigenvalue weighted by Crippen LogP contribution is 2.26. The van der Waals surface area contributed by atoms with Crippen LogP contribution >= 0.6 is 0 Å². The maximum Gasteiger partial charge on any atom is 0.225 e. The van der Waals surface area contributed by atoms with Crippen molar-refractivity contribution in [1.82, 2.24) is 9.97 Å². The van der Waals surface area contributed by atoms with Crippen molar-refractivity contribution < 1.29 is 9.84 Å². The molecule has 0 spiro atoms. The first-order chi connectivity index (χ1) is 10.8. The van der Waals surface area contributed by atoms with E-state index in [1.165, 1.54) is 5.56 Å². The summed E-state index contributed by atoms with van der Waals surface area (Å²) in [6, 6.07) is 5.80. The van der Waals surface area contributed by atoms with Gasteiger partial charge < -0.3 is 14.7 Å². The number of aliphatic hydroxyl groups is 1. The van der Waals surface area contributed by atoms with E-state index < -0.39 is 0 Å². The third kappa shape index (κ3) is 3.20. The molecule has 1 aromatic heterocycles. The van der Waals surface area contributed by atoms with Crippen LogP contribution in [0.3, 0.4) is 0 Å². The zero-order valence-electron chi connectivity index (χ0n) is 12.8. The van der Waals surface area contributed by atoms with Gasteiger partial charge in [-0.2, -0.15) is 0 Å². The number of hydrogen-bond acceptors (Lipinski definition) is 5. The predicted octanol–water partition coefficient (Wildman–Crippen LogP) is 2.32. The van der Waals surface area contributed by atoms with Crippen molar-refractivity contribution in [2.75, 3.05) is 18.1 Å². The Morgan fingerprint density at radius 1 is 1.23 bits per heavy atom. The Bertz CT molecular complexity index is 628. The molecule has 3 rings (SSSR count). The number of anilines is 1. The van der Waals surface area contributed by atoms with Crippen LogP contribution in [0.15, 0.2) is 30.6 Å². The number of rotatable bonds is 4. The zero-order chi connectivity index (χ0) is 15.4. The van der Waals surface area contributed by atoms with E-state index in [1.807, 2.05) is 30.6 Å². The minimum Gasteiger partial charge on any atom is -0.491 e. The fourth-order valence-electron chi connectivity index (χ4n) is 2.65. The number of fused-ring (bicyclic) bond motifs is 1. The molecule has 0 saturated carbocycles. The lowest BCUT2D eigenvalue weighted by atomic mass is 10.1.